The summed E-state index contributed by atoms with van der Waals surface area (Å²) >= 11 is 1.65. The van der Waals surface area contributed by atoms with Crippen molar-refractivity contribution in [3.05, 3.63) is 27.9 Å². The van der Waals surface area contributed by atoms with Gasteiger partial charge >= 0.3 is 0 Å². The summed E-state index contributed by atoms with van der Waals surface area (Å²) in [5.41, 5.74) is 0. The summed E-state index contributed by atoms with van der Waals surface area (Å²) in [6.07, 6.45) is 2.49. The lowest BCUT2D eigenvalue weighted by Crippen LogP contribution is -1.86. The van der Waals surface area contributed by atoms with E-state index >= 15 is 0 Å². The van der Waals surface area contributed by atoms with Crippen molar-refractivity contribution in [1.82, 2.24) is 15.2 Å². The Morgan fingerprint density at radius 3 is 2.77 bits per heavy atom. The molecule has 4 nitrogen and oxygen atoms in total. The van der Waals surface area contributed by atoms with E-state index in [2.05, 4.69) is 15.2 Å². The van der Waals surface area contributed by atoms with Gasteiger partial charge in [-0.3, -0.25) is 0 Å². The second-order valence-electron chi connectivity index (χ2n) is 2.76. The lowest BCUT2D eigenvalue weighted by atomic mass is 10.4. The van der Waals surface area contributed by atoms with Gasteiger partial charge in [0.15, 0.2) is 0 Å². The molecular formula is C8H9N3OS. The highest BCUT2D eigenvalue weighted by atomic mass is 32.1. The molecule has 0 saturated carbocycles. The Labute approximate surface area is 79.6 Å². The van der Waals surface area contributed by atoms with Gasteiger partial charge in [-0.1, -0.05) is 0 Å². The average Bonchev–Trinajstić information content (AvgIpc) is 2.62. The van der Waals surface area contributed by atoms with E-state index in [1.165, 1.54) is 4.88 Å². The normalized spacial score (nSPS) is 10.6. The molecule has 68 valence electrons. The Balaban J connectivity index is 2.14. The van der Waals surface area contributed by atoms with E-state index in [0.29, 0.717) is 18.2 Å². The second kappa shape index (κ2) is 3.26. The number of rotatable bonds is 2. The fourth-order valence-corrected chi connectivity index (χ4v) is 1.80. The molecule has 2 heterocycles. The van der Waals surface area contributed by atoms with Crippen molar-refractivity contribution >= 4 is 11.3 Å². The SMILES string of the molecule is Cc1nnc(Cc2ncc(C)s2)o1. The van der Waals surface area contributed by atoms with Crippen molar-refractivity contribution in [3.63, 3.8) is 0 Å². The van der Waals surface area contributed by atoms with Crippen LogP contribution in [-0.2, 0) is 6.42 Å². The molecule has 0 aliphatic carbocycles. The van der Waals surface area contributed by atoms with Crippen molar-refractivity contribution in [2.24, 2.45) is 0 Å². The standard InChI is InChI=1S/C8H9N3OS/c1-5-4-9-8(13-5)3-7-11-10-6(2)12-7/h4H,3H2,1-2H3. The van der Waals surface area contributed by atoms with Crippen molar-refractivity contribution in [2.75, 3.05) is 0 Å². The summed E-state index contributed by atoms with van der Waals surface area (Å²) < 4.78 is 5.24. The molecule has 0 aliphatic rings. The number of thiazole rings is 1. The van der Waals surface area contributed by atoms with Gasteiger partial charge in [-0.15, -0.1) is 21.5 Å². The summed E-state index contributed by atoms with van der Waals surface area (Å²) in [6, 6.07) is 0. The average molecular weight is 195 g/mol. The molecule has 2 aromatic rings. The zero-order valence-corrected chi connectivity index (χ0v) is 8.26. The fourth-order valence-electron chi connectivity index (χ4n) is 1.02. The molecule has 0 bridgehead atoms. The fraction of sp³-hybridized carbons (Fsp3) is 0.375. The van der Waals surface area contributed by atoms with Crippen LogP contribution in [0.4, 0.5) is 0 Å². The molecular weight excluding hydrogens is 186 g/mol. The van der Waals surface area contributed by atoms with Crippen LogP contribution in [-0.4, -0.2) is 15.2 Å². The van der Waals surface area contributed by atoms with Crippen LogP contribution >= 0.6 is 11.3 Å². The first-order chi connectivity index (χ1) is 6.24. The molecule has 0 N–H and O–H groups in total. The van der Waals surface area contributed by atoms with Gasteiger partial charge in [0.1, 0.15) is 5.01 Å². The van der Waals surface area contributed by atoms with Gasteiger partial charge in [0, 0.05) is 18.0 Å². The van der Waals surface area contributed by atoms with Crippen LogP contribution in [0.3, 0.4) is 0 Å². The summed E-state index contributed by atoms with van der Waals surface area (Å²) in [5, 5.41) is 8.67. The Morgan fingerprint density at radius 1 is 1.38 bits per heavy atom. The third-order valence-corrected chi connectivity index (χ3v) is 2.45. The molecule has 0 saturated heterocycles. The topological polar surface area (TPSA) is 51.8 Å². The lowest BCUT2D eigenvalue weighted by molar-refractivity contribution is 0.477. The number of nitrogens with zero attached hydrogens (tertiary/aromatic N) is 3. The molecule has 0 spiro atoms. The van der Waals surface area contributed by atoms with Gasteiger partial charge in [-0.05, 0) is 6.92 Å². The Kier molecular flexibility index (Phi) is 2.10. The predicted molar refractivity (Wildman–Crippen MR) is 48.7 cm³/mol. The minimum Gasteiger partial charge on any atom is -0.425 e. The van der Waals surface area contributed by atoms with E-state index in [1.54, 1.807) is 18.3 Å². The van der Waals surface area contributed by atoms with Gasteiger partial charge in [0.05, 0.1) is 6.42 Å². The Bertz CT molecular complexity index is 369. The molecule has 13 heavy (non-hydrogen) atoms. The number of hydrogen-bond donors (Lipinski definition) is 0. The van der Waals surface area contributed by atoms with Crippen LogP contribution in [0, 0.1) is 13.8 Å². The van der Waals surface area contributed by atoms with E-state index in [-0.39, 0.29) is 0 Å². The zero-order valence-electron chi connectivity index (χ0n) is 7.44. The minimum absolute atomic E-state index is 0.600. The number of aromatic nitrogens is 3. The molecule has 0 amide bonds. The predicted octanol–water partition coefficient (Wildman–Crippen LogP) is 1.73. The summed E-state index contributed by atoms with van der Waals surface area (Å²) in [6.45, 7) is 3.81. The second-order valence-corrected chi connectivity index (χ2v) is 4.08. The molecule has 0 radical (unpaired) electrons. The highest BCUT2D eigenvalue weighted by molar-refractivity contribution is 7.11. The van der Waals surface area contributed by atoms with Crippen LogP contribution in [0.15, 0.2) is 10.6 Å². The van der Waals surface area contributed by atoms with Crippen LogP contribution < -0.4 is 0 Å². The van der Waals surface area contributed by atoms with E-state index in [0.717, 1.165) is 5.01 Å². The van der Waals surface area contributed by atoms with Crippen molar-refractivity contribution in [2.45, 2.75) is 20.3 Å². The molecule has 0 atom stereocenters. The monoisotopic (exact) mass is 195 g/mol. The minimum atomic E-state index is 0.600. The van der Waals surface area contributed by atoms with Crippen molar-refractivity contribution < 1.29 is 4.42 Å². The smallest absolute Gasteiger partial charge is 0.223 e. The van der Waals surface area contributed by atoms with Crippen LogP contribution in [0.5, 0.6) is 0 Å². The maximum atomic E-state index is 5.24. The zero-order chi connectivity index (χ0) is 9.26. The lowest BCUT2D eigenvalue weighted by Gasteiger charge is -1.86. The maximum absolute atomic E-state index is 5.24. The van der Waals surface area contributed by atoms with Crippen LogP contribution in [0.25, 0.3) is 0 Å². The van der Waals surface area contributed by atoms with Gasteiger partial charge in [-0.25, -0.2) is 4.98 Å². The summed E-state index contributed by atoms with van der Waals surface area (Å²) in [4.78, 5) is 5.41. The molecule has 0 aliphatic heterocycles. The van der Waals surface area contributed by atoms with Crippen LogP contribution in [0.2, 0.25) is 0 Å². The Hall–Kier alpha value is -1.23. The first kappa shape index (κ1) is 8.37. The quantitative estimate of drug-likeness (QED) is 0.732. The molecule has 0 fully saturated rings. The van der Waals surface area contributed by atoms with Crippen LogP contribution in [0.1, 0.15) is 21.7 Å². The van der Waals surface area contributed by atoms with E-state index < -0.39 is 0 Å². The highest BCUT2D eigenvalue weighted by Gasteiger charge is 2.06. The molecule has 2 rings (SSSR count). The van der Waals surface area contributed by atoms with E-state index in [1.807, 2.05) is 13.1 Å². The van der Waals surface area contributed by atoms with Crippen molar-refractivity contribution in [3.8, 4) is 0 Å². The van der Waals surface area contributed by atoms with Gasteiger partial charge in [0.2, 0.25) is 11.8 Å². The maximum Gasteiger partial charge on any atom is 0.223 e. The third kappa shape index (κ3) is 1.92. The summed E-state index contributed by atoms with van der Waals surface area (Å²) in [5.74, 6) is 1.23. The van der Waals surface area contributed by atoms with Gasteiger partial charge in [-0.2, -0.15) is 0 Å². The molecule has 2 aromatic heterocycles. The van der Waals surface area contributed by atoms with Crippen molar-refractivity contribution in [1.29, 1.82) is 0 Å². The van der Waals surface area contributed by atoms with Gasteiger partial charge in [0.25, 0.3) is 0 Å². The van der Waals surface area contributed by atoms with Gasteiger partial charge < -0.3 is 4.42 Å². The highest BCUT2D eigenvalue weighted by Crippen LogP contribution is 2.14. The number of aryl methyl sites for hydroxylation is 2. The third-order valence-electron chi connectivity index (χ3n) is 1.54. The summed E-state index contributed by atoms with van der Waals surface area (Å²) in [7, 11) is 0. The van der Waals surface area contributed by atoms with E-state index in [9.17, 15) is 0 Å². The number of hydrogen-bond acceptors (Lipinski definition) is 5. The largest absolute Gasteiger partial charge is 0.425 e. The first-order valence-electron chi connectivity index (χ1n) is 3.94. The first-order valence-corrected chi connectivity index (χ1v) is 4.76. The van der Waals surface area contributed by atoms with E-state index in [4.69, 9.17) is 4.42 Å². The molecule has 0 aromatic carbocycles. The molecule has 0 unspecified atom stereocenters. The molecule has 5 heteroatoms. The Morgan fingerprint density at radius 2 is 2.23 bits per heavy atom.